The van der Waals surface area contributed by atoms with Gasteiger partial charge in [-0.15, -0.1) is 5.10 Å². The molecule has 0 N–H and O–H groups in total. The highest BCUT2D eigenvalue weighted by molar-refractivity contribution is 5.99. The van der Waals surface area contributed by atoms with E-state index < -0.39 is 6.67 Å². The van der Waals surface area contributed by atoms with E-state index in [0.29, 0.717) is 23.7 Å². The Morgan fingerprint density at radius 3 is 2.81 bits per heavy atom. The Morgan fingerprint density at radius 2 is 2.12 bits per heavy atom. The second-order valence-electron chi connectivity index (χ2n) is 6.09. The molecule has 9 heteroatoms. The first-order chi connectivity index (χ1) is 12.5. The molecule has 3 rings (SSSR count). The van der Waals surface area contributed by atoms with Crippen molar-refractivity contribution in [3.63, 3.8) is 0 Å². The van der Waals surface area contributed by atoms with Gasteiger partial charge in [-0.1, -0.05) is 0 Å². The average Bonchev–Trinajstić information content (AvgIpc) is 3.23. The summed E-state index contributed by atoms with van der Waals surface area (Å²) in [4.78, 5) is 20.3. The lowest BCUT2D eigenvalue weighted by Gasteiger charge is -2.14. The lowest BCUT2D eigenvalue weighted by molar-refractivity contribution is 0.0803. The summed E-state index contributed by atoms with van der Waals surface area (Å²) in [5.74, 6) is 0.368. The van der Waals surface area contributed by atoms with Crippen molar-refractivity contribution in [2.45, 2.75) is 6.92 Å². The number of aromatic nitrogens is 5. The molecule has 0 aliphatic heterocycles. The van der Waals surface area contributed by atoms with E-state index in [-0.39, 0.29) is 12.5 Å². The first-order valence-electron chi connectivity index (χ1n) is 8.37. The number of hydrogen-bond acceptors (Lipinski definition) is 5. The second kappa shape index (κ2) is 7.11. The predicted octanol–water partition coefficient (Wildman–Crippen LogP) is 1.63. The van der Waals surface area contributed by atoms with Gasteiger partial charge in [-0.25, -0.2) is 8.91 Å². The van der Waals surface area contributed by atoms with E-state index >= 15 is 0 Å². The van der Waals surface area contributed by atoms with Crippen molar-refractivity contribution < 1.29 is 9.18 Å². The normalized spacial score (nSPS) is 11.1. The van der Waals surface area contributed by atoms with Gasteiger partial charge in [0.25, 0.3) is 5.91 Å². The molecule has 0 aliphatic rings. The number of pyridine rings is 1. The monoisotopic (exact) mass is 359 g/mol. The molecule has 3 aromatic heterocycles. The third-order valence-corrected chi connectivity index (χ3v) is 4.35. The molecule has 26 heavy (non-hydrogen) atoms. The summed E-state index contributed by atoms with van der Waals surface area (Å²) < 4.78 is 15.8. The third kappa shape index (κ3) is 3.12. The largest absolute Gasteiger partial charge is 0.342 e. The molecule has 0 aliphatic carbocycles. The number of alkyl halides is 1. The van der Waals surface area contributed by atoms with E-state index in [1.54, 1.807) is 52.5 Å². The number of halogens is 1. The summed E-state index contributed by atoms with van der Waals surface area (Å²) in [6.45, 7) is 2.29. The van der Waals surface area contributed by atoms with Gasteiger partial charge < -0.3 is 9.80 Å². The van der Waals surface area contributed by atoms with E-state index in [1.165, 1.54) is 0 Å². The highest BCUT2D eigenvalue weighted by atomic mass is 19.1. The number of carbonyl (C=O) groups is 1. The zero-order valence-corrected chi connectivity index (χ0v) is 15.3. The molecule has 0 atom stereocenters. The minimum Gasteiger partial charge on any atom is -0.342 e. The molecule has 0 unspecified atom stereocenters. The number of aryl methyl sites for hydroxylation is 1. The fraction of sp³-hybridized carbons (Fsp3) is 0.412. The SMILES string of the molecule is CCN(C)C(=O)c1cnn(C)c1-c1ccn2nc(N(C)CCF)nc2c1. The zero-order chi connectivity index (χ0) is 18.8. The summed E-state index contributed by atoms with van der Waals surface area (Å²) in [6, 6.07) is 3.71. The summed E-state index contributed by atoms with van der Waals surface area (Å²) in [5.41, 5.74) is 2.69. The average molecular weight is 359 g/mol. The van der Waals surface area contributed by atoms with Crippen LogP contribution in [-0.4, -0.2) is 69.0 Å². The molecule has 3 heterocycles. The summed E-state index contributed by atoms with van der Waals surface area (Å²) in [6.07, 6.45) is 3.35. The Hall–Kier alpha value is -2.97. The van der Waals surface area contributed by atoms with Crippen molar-refractivity contribution in [2.24, 2.45) is 7.05 Å². The first kappa shape index (κ1) is 17.8. The van der Waals surface area contributed by atoms with Gasteiger partial charge in [-0.2, -0.15) is 10.1 Å². The molecule has 0 fully saturated rings. The van der Waals surface area contributed by atoms with Gasteiger partial charge in [0.05, 0.1) is 17.5 Å². The highest BCUT2D eigenvalue weighted by Crippen LogP contribution is 2.25. The fourth-order valence-corrected chi connectivity index (χ4v) is 2.69. The Labute approximate surface area is 150 Å². The smallest absolute Gasteiger partial charge is 0.257 e. The molecule has 1 amide bonds. The van der Waals surface area contributed by atoms with Crippen LogP contribution >= 0.6 is 0 Å². The van der Waals surface area contributed by atoms with Crippen LogP contribution in [-0.2, 0) is 7.05 Å². The minimum absolute atomic E-state index is 0.0830. The van der Waals surface area contributed by atoms with E-state index in [1.807, 2.05) is 19.1 Å². The molecular weight excluding hydrogens is 337 g/mol. The van der Waals surface area contributed by atoms with E-state index in [2.05, 4.69) is 15.2 Å². The third-order valence-electron chi connectivity index (χ3n) is 4.35. The Bertz CT molecular complexity index is 932. The number of amides is 1. The van der Waals surface area contributed by atoms with E-state index in [9.17, 15) is 9.18 Å². The van der Waals surface area contributed by atoms with Crippen LogP contribution in [0.3, 0.4) is 0 Å². The van der Waals surface area contributed by atoms with Gasteiger partial charge >= 0.3 is 0 Å². The maximum atomic E-state index is 12.6. The second-order valence-corrected chi connectivity index (χ2v) is 6.09. The van der Waals surface area contributed by atoms with Crippen molar-refractivity contribution in [1.29, 1.82) is 0 Å². The van der Waals surface area contributed by atoms with Gasteiger partial charge in [0.2, 0.25) is 5.95 Å². The van der Waals surface area contributed by atoms with Crippen molar-refractivity contribution in [1.82, 2.24) is 29.3 Å². The molecular formula is C17H22FN7O. The molecule has 0 saturated carbocycles. The number of carbonyl (C=O) groups excluding carboxylic acids is 1. The summed E-state index contributed by atoms with van der Waals surface area (Å²) in [7, 11) is 5.30. The molecule has 0 aromatic carbocycles. The van der Waals surface area contributed by atoms with Crippen LogP contribution in [0.4, 0.5) is 10.3 Å². The van der Waals surface area contributed by atoms with Crippen molar-refractivity contribution >= 4 is 17.5 Å². The minimum atomic E-state index is -0.470. The molecule has 0 spiro atoms. The lowest BCUT2D eigenvalue weighted by atomic mass is 10.1. The highest BCUT2D eigenvalue weighted by Gasteiger charge is 2.21. The Kier molecular flexibility index (Phi) is 4.88. The summed E-state index contributed by atoms with van der Waals surface area (Å²) in [5, 5.41) is 8.59. The number of rotatable bonds is 6. The van der Waals surface area contributed by atoms with Crippen LogP contribution in [0, 0.1) is 0 Å². The van der Waals surface area contributed by atoms with Gasteiger partial charge in [0.1, 0.15) is 6.67 Å². The molecule has 8 nitrogen and oxygen atoms in total. The quantitative estimate of drug-likeness (QED) is 0.669. The van der Waals surface area contributed by atoms with Crippen molar-refractivity contribution in [3.8, 4) is 11.3 Å². The standard InChI is InChI=1S/C17H22FN7O/c1-5-22(2)16(26)13-11-19-24(4)15(13)12-6-8-25-14(10-12)20-17(21-25)23(3)9-7-18/h6,8,10-11H,5,7,9H2,1-4H3. The van der Waals surface area contributed by atoms with Crippen molar-refractivity contribution in [3.05, 3.63) is 30.1 Å². The Balaban J connectivity index is 2.04. The van der Waals surface area contributed by atoms with Crippen LogP contribution in [0.15, 0.2) is 24.5 Å². The van der Waals surface area contributed by atoms with Crippen molar-refractivity contribution in [2.75, 3.05) is 38.8 Å². The number of nitrogens with zero attached hydrogens (tertiary/aromatic N) is 7. The molecule has 0 bridgehead atoms. The van der Waals surface area contributed by atoms with Gasteiger partial charge in [0, 0.05) is 46.0 Å². The fourth-order valence-electron chi connectivity index (χ4n) is 2.69. The summed E-state index contributed by atoms with van der Waals surface area (Å²) >= 11 is 0. The topological polar surface area (TPSA) is 71.6 Å². The maximum absolute atomic E-state index is 12.6. The molecule has 138 valence electrons. The lowest BCUT2D eigenvalue weighted by Crippen LogP contribution is -2.26. The van der Waals surface area contributed by atoms with Crippen LogP contribution in [0.1, 0.15) is 17.3 Å². The van der Waals surface area contributed by atoms with Gasteiger partial charge in [0.15, 0.2) is 5.65 Å². The van der Waals surface area contributed by atoms with Crippen LogP contribution in [0.25, 0.3) is 16.9 Å². The molecule has 0 saturated heterocycles. The number of hydrogen-bond donors (Lipinski definition) is 0. The van der Waals surface area contributed by atoms with E-state index in [4.69, 9.17) is 0 Å². The Morgan fingerprint density at radius 1 is 1.35 bits per heavy atom. The zero-order valence-electron chi connectivity index (χ0n) is 15.3. The molecule has 3 aromatic rings. The van der Waals surface area contributed by atoms with Gasteiger partial charge in [-0.3, -0.25) is 9.48 Å². The first-order valence-corrected chi connectivity index (χ1v) is 8.37. The molecule has 0 radical (unpaired) electrons. The van der Waals surface area contributed by atoms with E-state index in [0.717, 1.165) is 11.3 Å². The van der Waals surface area contributed by atoms with Crippen LogP contribution in [0.5, 0.6) is 0 Å². The van der Waals surface area contributed by atoms with Crippen LogP contribution < -0.4 is 4.90 Å². The van der Waals surface area contributed by atoms with Crippen LogP contribution in [0.2, 0.25) is 0 Å². The maximum Gasteiger partial charge on any atom is 0.257 e. The van der Waals surface area contributed by atoms with Gasteiger partial charge in [-0.05, 0) is 19.1 Å². The number of anilines is 1. The predicted molar refractivity (Wildman–Crippen MR) is 97.1 cm³/mol. The number of fused-ring (bicyclic) bond motifs is 1.